The average Bonchev–Trinajstić information content (AvgIpc) is 2.90. The van der Waals surface area contributed by atoms with Crippen molar-refractivity contribution in [2.45, 2.75) is 45.7 Å². The zero-order chi connectivity index (χ0) is 20.9. The molecule has 2 aliphatic heterocycles. The van der Waals surface area contributed by atoms with E-state index in [0.29, 0.717) is 5.69 Å². The Balaban J connectivity index is 1.91. The molecule has 0 unspecified atom stereocenters. The molecule has 2 N–H and O–H groups in total. The molecule has 0 bridgehead atoms. The molecule has 1 aromatic rings. The number of urea groups is 2. The quantitative estimate of drug-likeness (QED) is 0.743. The highest BCUT2D eigenvalue weighted by atomic mass is 16.2. The summed E-state index contributed by atoms with van der Waals surface area (Å²) in [5.41, 5.74) is -0.343. The molecule has 0 spiro atoms. The van der Waals surface area contributed by atoms with Crippen LogP contribution >= 0.6 is 0 Å². The van der Waals surface area contributed by atoms with E-state index in [9.17, 15) is 19.2 Å². The molecule has 9 heteroatoms. The van der Waals surface area contributed by atoms with E-state index in [1.165, 1.54) is 0 Å². The number of benzene rings is 1. The van der Waals surface area contributed by atoms with Crippen LogP contribution in [0.3, 0.4) is 0 Å². The summed E-state index contributed by atoms with van der Waals surface area (Å²) in [6.45, 7) is 8.25. The Morgan fingerprint density at radius 2 is 1.32 bits per heavy atom. The van der Waals surface area contributed by atoms with E-state index in [2.05, 4.69) is 10.6 Å². The van der Waals surface area contributed by atoms with E-state index >= 15 is 0 Å². The lowest BCUT2D eigenvalue weighted by atomic mass is 10.1. The van der Waals surface area contributed by atoms with Gasteiger partial charge in [-0.15, -0.1) is 0 Å². The fourth-order valence-corrected chi connectivity index (χ4v) is 3.27. The number of imide groups is 2. The van der Waals surface area contributed by atoms with Gasteiger partial charge in [0, 0.05) is 5.69 Å². The molecule has 2 saturated heterocycles. The van der Waals surface area contributed by atoms with Crippen molar-refractivity contribution >= 4 is 29.6 Å². The summed E-state index contributed by atoms with van der Waals surface area (Å²) < 4.78 is 0. The molecule has 2 fully saturated rings. The van der Waals surface area contributed by atoms with Gasteiger partial charge in [0.05, 0.1) is 0 Å². The fraction of sp³-hybridized carbons (Fsp3) is 0.474. The Morgan fingerprint density at radius 1 is 0.857 bits per heavy atom. The van der Waals surface area contributed by atoms with Crippen LogP contribution in [0.1, 0.15) is 33.3 Å². The first-order valence-electron chi connectivity index (χ1n) is 9.02. The molecule has 150 valence electrons. The van der Waals surface area contributed by atoms with Gasteiger partial charge in [-0.25, -0.2) is 19.4 Å². The Hall–Kier alpha value is -3.10. The molecule has 6 amide bonds. The molecule has 0 atom stereocenters. The summed E-state index contributed by atoms with van der Waals surface area (Å²) in [5, 5.41) is 5.27. The third-order valence-corrected chi connectivity index (χ3v) is 4.88. The Morgan fingerprint density at radius 3 is 1.68 bits per heavy atom. The van der Waals surface area contributed by atoms with Gasteiger partial charge < -0.3 is 15.5 Å². The van der Waals surface area contributed by atoms with E-state index < -0.39 is 23.1 Å². The van der Waals surface area contributed by atoms with Gasteiger partial charge >= 0.3 is 12.1 Å². The van der Waals surface area contributed by atoms with Crippen molar-refractivity contribution < 1.29 is 19.2 Å². The standard InChI is InChI=1S/C19H25N5O4/c1-12-7-6-8-13(9-12)22(10-23-14(25)18(2,3)20-16(23)27)11-24-15(26)19(4,5)21-17(24)28/h6-9H,10-11H2,1-5H3,(H,20,27)(H,21,28). The summed E-state index contributed by atoms with van der Waals surface area (Å²) in [7, 11) is 0. The zero-order valence-electron chi connectivity index (χ0n) is 16.7. The number of hydrogen-bond acceptors (Lipinski definition) is 5. The van der Waals surface area contributed by atoms with Gasteiger partial charge in [-0.2, -0.15) is 0 Å². The normalized spacial score (nSPS) is 20.5. The molecule has 0 saturated carbocycles. The zero-order valence-corrected chi connectivity index (χ0v) is 16.7. The Labute approximate surface area is 163 Å². The average molecular weight is 387 g/mol. The van der Waals surface area contributed by atoms with Crippen LogP contribution in [-0.4, -0.2) is 58.1 Å². The number of hydrogen-bond donors (Lipinski definition) is 2. The van der Waals surface area contributed by atoms with E-state index in [4.69, 9.17) is 0 Å². The third-order valence-electron chi connectivity index (χ3n) is 4.88. The topological polar surface area (TPSA) is 102 Å². The number of nitrogens with one attached hydrogen (secondary N) is 2. The number of amides is 6. The van der Waals surface area contributed by atoms with Crippen molar-refractivity contribution in [1.82, 2.24) is 20.4 Å². The number of nitrogens with zero attached hydrogens (tertiary/aromatic N) is 3. The second-order valence-corrected chi connectivity index (χ2v) is 8.24. The lowest BCUT2D eigenvalue weighted by molar-refractivity contribution is -0.130. The number of carbonyl (C=O) groups excluding carboxylic acids is 4. The van der Waals surface area contributed by atoms with E-state index in [1.807, 2.05) is 25.1 Å². The fourth-order valence-electron chi connectivity index (χ4n) is 3.27. The van der Waals surface area contributed by atoms with E-state index in [-0.39, 0.29) is 25.2 Å². The highest BCUT2D eigenvalue weighted by Crippen LogP contribution is 2.24. The second kappa shape index (κ2) is 6.50. The molecule has 2 aliphatic rings. The lowest BCUT2D eigenvalue weighted by Gasteiger charge is -2.31. The monoisotopic (exact) mass is 387 g/mol. The van der Waals surface area contributed by atoms with Gasteiger partial charge in [0.15, 0.2) is 0 Å². The second-order valence-electron chi connectivity index (χ2n) is 8.24. The molecular formula is C19H25N5O4. The summed E-state index contributed by atoms with van der Waals surface area (Å²) >= 11 is 0. The molecule has 3 rings (SSSR count). The van der Waals surface area contributed by atoms with Crippen LogP contribution in [0.15, 0.2) is 24.3 Å². The van der Waals surface area contributed by atoms with Crippen molar-refractivity contribution in [3.63, 3.8) is 0 Å². The summed E-state index contributed by atoms with van der Waals surface area (Å²) in [6.07, 6.45) is 0. The van der Waals surface area contributed by atoms with Crippen LogP contribution < -0.4 is 15.5 Å². The molecule has 0 aromatic heterocycles. The van der Waals surface area contributed by atoms with Gasteiger partial charge in [0.25, 0.3) is 11.8 Å². The smallest absolute Gasteiger partial charge is 0.326 e. The SMILES string of the molecule is Cc1cccc(N(CN2C(=O)NC(C)(C)C2=O)CN2C(=O)NC(C)(C)C2=O)c1. The molecule has 9 nitrogen and oxygen atoms in total. The number of rotatable bonds is 5. The van der Waals surface area contributed by atoms with Gasteiger partial charge in [0.2, 0.25) is 0 Å². The van der Waals surface area contributed by atoms with Gasteiger partial charge in [-0.3, -0.25) is 9.59 Å². The van der Waals surface area contributed by atoms with Gasteiger partial charge in [0.1, 0.15) is 24.4 Å². The predicted molar refractivity (Wildman–Crippen MR) is 102 cm³/mol. The van der Waals surface area contributed by atoms with Crippen LogP contribution in [0.25, 0.3) is 0 Å². The maximum atomic E-state index is 12.6. The van der Waals surface area contributed by atoms with Crippen molar-refractivity contribution in [1.29, 1.82) is 0 Å². The van der Waals surface area contributed by atoms with E-state index in [0.717, 1.165) is 15.4 Å². The Kier molecular flexibility index (Phi) is 4.57. The van der Waals surface area contributed by atoms with Gasteiger partial charge in [-0.1, -0.05) is 12.1 Å². The van der Waals surface area contributed by atoms with Crippen LogP contribution in [0.4, 0.5) is 15.3 Å². The van der Waals surface area contributed by atoms with Crippen molar-refractivity contribution in [3.05, 3.63) is 29.8 Å². The van der Waals surface area contributed by atoms with Crippen LogP contribution in [0.5, 0.6) is 0 Å². The predicted octanol–water partition coefficient (Wildman–Crippen LogP) is 1.38. The highest BCUT2D eigenvalue weighted by molar-refractivity contribution is 6.07. The minimum atomic E-state index is -1.00. The minimum absolute atomic E-state index is 0.0883. The molecule has 1 aromatic carbocycles. The van der Waals surface area contributed by atoms with E-state index in [1.54, 1.807) is 38.7 Å². The summed E-state index contributed by atoms with van der Waals surface area (Å²) in [4.78, 5) is 53.6. The lowest BCUT2D eigenvalue weighted by Crippen LogP contribution is -2.49. The maximum Gasteiger partial charge on any atom is 0.326 e. The van der Waals surface area contributed by atoms with Crippen molar-refractivity contribution in [2.24, 2.45) is 0 Å². The molecular weight excluding hydrogens is 362 g/mol. The number of anilines is 1. The first-order chi connectivity index (χ1) is 12.9. The summed E-state index contributed by atoms with van der Waals surface area (Å²) in [6, 6.07) is 6.40. The Bertz CT molecular complexity index is 816. The number of aryl methyl sites for hydroxylation is 1. The first-order valence-corrected chi connectivity index (χ1v) is 9.02. The van der Waals surface area contributed by atoms with Crippen LogP contribution in [-0.2, 0) is 9.59 Å². The molecule has 0 radical (unpaired) electrons. The molecule has 0 aliphatic carbocycles. The minimum Gasteiger partial charge on any atom is -0.335 e. The largest absolute Gasteiger partial charge is 0.335 e. The maximum absolute atomic E-state index is 12.6. The molecule has 28 heavy (non-hydrogen) atoms. The first kappa shape index (κ1) is 19.7. The van der Waals surface area contributed by atoms with Gasteiger partial charge in [-0.05, 0) is 52.3 Å². The molecule has 2 heterocycles. The summed E-state index contributed by atoms with van der Waals surface area (Å²) in [5.74, 6) is -0.736. The number of carbonyl (C=O) groups is 4. The van der Waals surface area contributed by atoms with Crippen LogP contribution in [0, 0.1) is 6.92 Å². The van der Waals surface area contributed by atoms with Crippen molar-refractivity contribution in [3.8, 4) is 0 Å². The highest BCUT2D eigenvalue weighted by Gasteiger charge is 2.47. The van der Waals surface area contributed by atoms with Crippen LogP contribution in [0.2, 0.25) is 0 Å². The third kappa shape index (κ3) is 3.39. The van der Waals surface area contributed by atoms with Crippen molar-refractivity contribution in [2.75, 3.05) is 18.2 Å².